The number of ether oxygens (including phenoxy) is 1. The van der Waals surface area contributed by atoms with E-state index < -0.39 is 46.3 Å². The van der Waals surface area contributed by atoms with Gasteiger partial charge >= 0.3 is 0 Å². The molecule has 2 aromatic rings. The number of fused-ring (bicyclic) bond motifs is 1. The molecular weight excluding hydrogens is 614 g/mol. The number of benzene rings is 2. The summed E-state index contributed by atoms with van der Waals surface area (Å²) in [5.74, 6) is -3.14. The molecule has 0 unspecified atom stereocenters. The average Bonchev–Trinajstić information content (AvgIpc) is 3.12. The second-order valence-electron chi connectivity index (χ2n) is 8.93. The molecule has 194 valence electrons. The van der Waals surface area contributed by atoms with Crippen LogP contribution in [-0.4, -0.2) is 61.3 Å². The van der Waals surface area contributed by atoms with Gasteiger partial charge in [-0.3, -0.25) is 29.3 Å². The van der Waals surface area contributed by atoms with Crippen LogP contribution in [0.1, 0.15) is 40.5 Å². The minimum atomic E-state index is -1.23. The zero-order chi connectivity index (χ0) is 27.0. The summed E-state index contributed by atoms with van der Waals surface area (Å²) >= 11 is 7.09. The Morgan fingerprint density at radius 1 is 0.973 bits per heavy atom. The number of carbonyl (C=O) groups excluding carboxylic acids is 4. The van der Waals surface area contributed by atoms with E-state index in [0.717, 1.165) is 22.2 Å². The molecule has 12 heteroatoms. The zero-order valence-electron chi connectivity index (χ0n) is 19.9. The average molecular weight is 637 g/mol. The first kappa shape index (κ1) is 26.9. The second kappa shape index (κ2) is 10.7. The molecule has 0 radical (unpaired) electrons. The number of carbonyl (C=O) groups is 4. The highest BCUT2D eigenvalue weighted by molar-refractivity contribution is 9.12. The molecule has 10 nitrogen and oxygen atoms in total. The van der Waals surface area contributed by atoms with Gasteiger partial charge in [-0.1, -0.05) is 31.9 Å². The highest BCUT2D eigenvalue weighted by Gasteiger charge is 2.55. The third-order valence-electron chi connectivity index (χ3n) is 6.76. The van der Waals surface area contributed by atoms with Gasteiger partial charge in [0.25, 0.3) is 23.4 Å². The highest BCUT2D eigenvalue weighted by Crippen LogP contribution is 2.44. The van der Waals surface area contributed by atoms with Crippen molar-refractivity contribution in [2.75, 3.05) is 7.11 Å². The molecule has 37 heavy (non-hydrogen) atoms. The molecule has 0 N–H and O–H groups in total. The van der Waals surface area contributed by atoms with Crippen molar-refractivity contribution >= 4 is 61.1 Å². The predicted molar refractivity (Wildman–Crippen MR) is 140 cm³/mol. The van der Waals surface area contributed by atoms with Gasteiger partial charge in [0.15, 0.2) is 5.78 Å². The number of ketones is 1. The summed E-state index contributed by atoms with van der Waals surface area (Å²) in [5, 5.41) is 12.8. The van der Waals surface area contributed by atoms with E-state index in [1.807, 2.05) is 0 Å². The van der Waals surface area contributed by atoms with E-state index in [9.17, 15) is 29.3 Å². The summed E-state index contributed by atoms with van der Waals surface area (Å²) in [6, 6.07) is 9.79. The van der Waals surface area contributed by atoms with Crippen LogP contribution in [0.5, 0.6) is 5.75 Å². The van der Waals surface area contributed by atoms with E-state index in [1.54, 1.807) is 12.1 Å². The first-order valence-electron chi connectivity index (χ1n) is 11.5. The quantitative estimate of drug-likeness (QED) is 0.147. The van der Waals surface area contributed by atoms with Crippen LogP contribution in [0, 0.1) is 22.0 Å². The van der Waals surface area contributed by atoms with E-state index in [1.165, 1.54) is 38.3 Å². The number of nitro benzene ring substituents is 1. The monoisotopic (exact) mass is 635 g/mol. The molecule has 0 spiro atoms. The summed E-state index contributed by atoms with van der Waals surface area (Å²) in [6.45, 7) is 1.44. The van der Waals surface area contributed by atoms with Crippen molar-refractivity contribution in [1.29, 1.82) is 0 Å². The van der Waals surface area contributed by atoms with Gasteiger partial charge in [0.2, 0.25) is 0 Å². The maximum Gasteiger partial charge on any atom is 0.273 e. The van der Waals surface area contributed by atoms with Gasteiger partial charge in [0.1, 0.15) is 11.8 Å². The lowest BCUT2D eigenvalue weighted by atomic mass is 9.81. The minimum absolute atomic E-state index is 0.00723. The molecule has 0 bridgehead atoms. The first-order valence-corrected chi connectivity index (χ1v) is 13.3. The number of Topliss-reactive ketones (excluding diaryl/α,β-unsaturated/α-hetero) is 1. The van der Waals surface area contributed by atoms with Crippen LogP contribution in [-0.2, 0) is 9.59 Å². The molecule has 1 saturated heterocycles. The number of imide groups is 1. The minimum Gasteiger partial charge on any atom is -0.497 e. The van der Waals surface area contributed by atoms with E-state index in [4.69, 9.17) is 4.74 Å². The summed E-state index contributed by atoms with van der Waals surface area (Å²) in [6.07, 6.45) is 0.782. The number of hydrogen-bond donors (Lipinski definition) is 0. The van der Waals surface area contributed by atoms with Crippen LogP contribution in [0.3, 0.4) is 0 Å². The van der Waals surface area contributed by atoms with E-state index in [2.05, 4.69) is 31.9 Å². The Labute approximate surface area is 229 Å². The van der Waals surface area contributed by atoms with Gasteiger partial charge < -0.3 is 4.74 Å². The van der Waals surface area contributed by atoms with Crippen LogP contribution in [0.25, 0.3) is 0 Å². The predicted octanol–water partition coefficient (Wildman–Crippen LogP) is 4.15. The van der Waals surface area contributed by atoms with Gasteiger partial charge in [0, 0.05) is 32.9 Å². The van der Waals surface area contributed by atoms with Gasteiger partial charge in [0.05, 0.1) is 23.9 Å². The lowest BCUT2D eigenvalue weighted by Gasteiger charge is -2.34. The Balaban J connectivity index is 1.74. The van der Waals surface area contributed by atoms with Gasteiger partial charge in [-0.25, -0.2) is 5.01 Å². The standard InChI is InChI=1S/C25H23Br2N3O7/c1-13(22(31)14-5-9-17(37-2)10-6-14)28(23(32)15-3-7-16(8-4-15)30(35)36)29-24(33)18-11-20(26)21(27)12-19(18)25(29)34/h3-10,13,18-21H,11-12H2,1-2H3/t13-,18+,19+,20-,21+/m0/s1. The fourth-order valence-corrected chi connectivity index (χ4v) is 5.93. The molecule has 2 aromatic carbocycles. The molecule has 3 amide bonds. The van der Waals surface area contributed by atoms with Crippen LogP contribution in [0.4, 0.5) is 5.69 Å². The number of nitro groups is 1. The zero-order valence-corrected chi connectivity index (χ0v) is 23.0. The maximum atomic E-state index is 13.7. The van der Waals surface area contributed by atoms with Crippen molar-refractivity contribution in [2.45, 2.75) is 35.5 Å². The molecule has 5 atom stereocenters. The van der Waals surface area contributed by atoms with Crippen molar-refractivity contribution in [3.63, 3.8) is 0 Å². The number of rotatable bonds is 7. The summed E-state index contributed by atoms with van der Waals surface area (Å²) in [4.78, 5) is 64.6. The lowest BCUT2D eigenvalue weighted by molar-refractivity contribution is -0.384. The fourth-order valence-electron chi connectivity index (χ4n) is 4.70. The summed E-state index contributed by atoms with van der Waals surface area (Å²) in [5.41, 5.74) is 0.0241. The Kier molecular flexibility index (Phi) is 7.79. The molecule has 4 rings (SSSR count). The Morgan fingerprint density at radius 2 is 1.46 bits per heavy atom. The lowest BCUT2D eigenvalue weighted by Crippen LogP contribution is -2.56. The SMILES string of the molecule is COc1ccc(C(=O)[C@H](C)N(C(=O)c2ccc([N+](=O)[O-])cc2)N2C(=O)[C@@H]3C[C@@H](Br)[C@@H](Br)C[C@H]3C2=O)cc1. The number of nitrogens with zero attached hydrogens (tertiary/aromatic N) is 3. The van der Waals surface area contributed by atoms with E-state index in [-0.39, 0.29) is 26.5 Å². The normalized spacial score (nSPS) is 23.8. The number of hydrazine groups is 1. The van der Waals surface area contributed by atoms with Crippen molar-refractivity contribution in [2.24, 2.45) is 11.8 Å². The maximum absolute atomic E-state index is 13.7. The first-order chi connectivity index (χ1) is 17.5. The van der Waals surface area contributed by atoms with Crippen molar-refractivity contribution < 1.29 is 28.8 Å². The molecule has 0 aromatic heterocycles. The van der Waals surface area contributed by atoms with Gasteiger partial charge in [-0.05, 0) is 56.2 Å². The van der Waals surface area contributed by atoms with Gasteiger partial charge in [-0.2, -0.15) is 5.01 Å². The molecule has 1 saturated carbocycles. The Bertz CT molecular complexity index is 1220. The molecule has 2 aliphatic rings. The fraction of sp³-hybridized carbons (Fsp3) is 0.360. The second-order valence-corrected chi connectivity index (χ2v) is 11.3. The summed E-state index contributed by atoms with van der Waals surface area (Å²) < 4.78 is 5.13. The Morgan fingerprint density at radius 3 is 1.92 bits per heavy atom. The third-order valence-corrected chi connectivity index (χ3v) is 9.49. The van der Waals surface area contributed by atoms with Crippen LogP contribution in [0.15, 0.2) is 48.5 Å². The number of halogens is 2. The molecule has 1 heterocycles. The number of methoxy groups -OCH3 is 1. The van der Waals surface area contributed by atoms with Crippen molar-refractivity contribution in [1.82, 2.24) is 10.0 Å². The molecule has 1 aliphatic heterocycles. The largest absolute Gasteiger partial charge is 0.497 e. The van der Waals surface area contributed by atoms with Crippen molar-refractivity contribution in [3.05, 3.63) is 69.8 Å². The highest BCUT2D eigenvalue weighted by atomic mass is 79.9. The van der Waals surface area contributed by atoms with E-state index >= 15 is 0 Å². The Hall–Kier alpha value is -3.12. The van der Waals surface area contributed by atoms with E-state index in [0.29, 0.717) is 18.6 Å². The van der Waals surface area contributed by atoms with Crippen molar-refractivity contribution in [3.8, 4) is 5.75 Å². The molecule has 2 fully saturated rings. The topological polar surface area (TPSA) is 127 Å². The molecule has 1 aliphatic carbocycles. The van der Waals surface area contributed by atoms with Crippen LogP contribution >= 0.6 is 31.9 Å². The smallest absolute Gasteiger partial charge is 0.273 e. The molecular formula is C25H23Br2N3O7. The number of amides is 3. The van der Waals surface area contributed by atoms with Crippen LogP contribution < -0.4 is 4.74 Å². The van der Waals surface area contributed by atoms with Gasteiger partial charge in [-0.15, -0.1) is 0 Å². The van der Waals surface area contributed by atoms with Crippen LogP contribution in [0.2, 0.25) is 0 Å². The number of alkyl halides is 2. The third kappa shape index (κ3) is 5.04. The number of non-ortho nitro benzene ring substituents is 1. The summed E-state index contributed by atoms with van der Waals surface area (Å²) in [7, 11) is 1.49. The number of hydrogen-bond acceptors (Lipinski definition) is 7.